The van der Waals surface area contributed by atoms with Crippen LogP contribution in [0.5, 0.6) is 0 Å². The number of halogens is 1. The molecule has 5 nitrogen and oxygen atoms in total. The average molecular weight is 323 g/mol. The second kappa shape index (κ2) is 6.77. The van der Waals surface area contributed by atoms with E-state index in [4.69, 9.17) is 10.3 Å². The summed E-state index contributed by atoms with van der Waals surface area (Å²) in [4.78, 5) is 6.83. The van der Waals surface area contributed by atoms with Crippen molar-refractivity contribution < 1.29 is 4.52 Å². The first-order chi connectivity index (χ1) is 10.0. The van der Waals surface area contributed by atoms with Crippen LogP contribution in [-0.2, 0) is 6.54 Å². The highest BCUT2D eigenvalue weighted by Gasteiger charge is 2.33. The normalized spacial score (nSPS) is 21.3. The molecule has 0 saturated carbocycles. The van der Waals surface area contributed by atoms with Crippen molar-refractivity contribution in [3.8, 4) is 11.4 Å². The van der Waals surface area contributed by atoms with Gasteiger partial charge in [-0.15, -0.1) is 12.4 Å². The average Bonchev–Trinajstić information content (AvgIpc) is 2.92. The summed E-state index contributed by atoms with van der Waals surface area (Å²) in [5.74, 6) is 1.32. The second-order valence-electron chi connectivity index (χ2n) is 6.47. The second-order valence-corrected chi connectivity index (χ2v) is 6.47. The fourth-order valence-electron chi connectivity index (χ4n) is 2.83. The highest BCUT2D eigenvalue weighted by atomic mass is 35.5. The Morgan fingerprint density at radius 2 is 2.05 bits per heavy atom. The van der Waals surface area contributed by atoms with Gasteiger partial charge < -0.3 is 10.3 Å². The van der Waals surface area contributed by atoms with Crippen molar-refractivity contribution in [1.82, 2.24) is 15.0 Å². The number of rotatable bonds is 3. The van der Waals surface area contributed by atoms with Crippen LogP contribution < -0.4 is 5.73 Å². The number of aromatic nitrogens is 2. The lowest BCUT2D eigenvalue weighted by molar-refractivity contribution is 0.0811. The first kappa shape index (κ1) is 16.9. The summed E-state index contributed by atoms with van der Waals surface area (Å²) >= 11 is 0. The Labute approximate surface area is 137 Å². The zero-order valence-corrected chi connectivity index (χ0v) is 13.8. The minimum atomic E-state index is 0. The molecule has 0 aliphatic carbocycles. The molecule has 1 saturated heterocycles. The molecule has 0 amide bonds. The van der Waals surface area contributed by atoms with Crippen LogP contribution in [0.25, 0.3) is 11.4 Å². The fourth-order valence-corrected chi connectivity index (χ4v) is 2.83. The smallest absolute Gasteiger partial charge is 0.241 e. The lowest BCUT2D eigenvalue weighted by Gasteiger charge is -2.42. The van der Waals surface area contributed by atoms with E-state index in [-0.39, 0.29) is 23.9 Å². The van der Waals surface area contributed by atoms with Crippen LogP contribution in [0.3, 0.4) is 0 Å². The third kappa shape index (κ3) is 3.66. The minimum Gasteiger partial charge on any atom is -0.338 e. The van der Waals surface area contributed by atoms with Crippen LogP contribution in [0.1, 0.15) is 26.2 Å². The Bertz CT molecular complexity index is 599. The molecule has 22 heavy (non-hydrogen) atoms. The SMILES string of the molecule is CC1(C)CN(Cc2nc(-c3ccccc3)no2)CCC1N.Cl. The van der Waals surface area contributed by atoms with Gasteiger partial charge in [0, 0.05) is 24.7 Å². The number of piperidine rings is 1. The van der Waals surface area contributed by atoms with Crippen LogP contribution in [-0.4, -0.2) is 34.2 Å². The van der Waals surface area contributed by atoms with Gasteiger partial charge in [-0.25, -0.2) is 0 Å². The van der Waals surface area contributed by atoms with E-state index in [2.05, 4.69) is 28.9 Å². The van der Waals surface area contributed by atoms with Gasteiger partial charge >= 0.3 is 0 Å². The van der Waals surface area contributed by atoms with Crippen molar-refractivity contribution in [1.29, 1.82) is 0 Å². The van der Waals surface area contributed by atoms with Gasteiger partial charge in [0.25, 0.3) is 0 Å². The number of benzene rings is 1. The van der Waals surface area contributed by atoms with Gasteiger partial charge in [-0.3, -0.25) is 4.90 Å². The molecule has 0 bridgehead atoms. The van der Waals surface area contributed by atoms with E-state index in [0.717, 1.165) is 25.1 Å². The molecule has 1 aromatic carbocycles. The molecule has 0 spiro atoms. The van der Waals surface area contributed by atoms with Crippen molar-refractivity contribution in [3.63, 3.8) is 0 Å². The maximum atomic E-state index is 6.17. The molecule has 1 atom stereocenters. The molecular weight excluding hydrogens is 300 g/mol. The van der Waals surface area contributed by atoms with E-state index in [1.54, 1.807) is 0 Å². The summed E-state index contributed by atoms with van der Waals surface area (Å²) < 4.78 is 5.38. The van der Waals surface area contributed by atoms with Gasteiger partial charge in [0.2, 0.25) is 11.7 Å². The summed E-state index contributed by atoms with van der Waals surface area (Å²) in [6.07, 6.45) is 1.01. The Hall–Kier alpha value is -1.43. The quantitative estimate of drug-likeness (QED) is 0.941. The number of nitrogens with two attached hydrogens (primary N) is 1. The van der Waals surface area contributed by atoms with E-state index in [1.807, 2.05) is 30.3 Å². The molecule has 6 heteroatoms. The first-order valence-electron chi connectivity index (χ1n) is 7.40. The molecule has 120 valence electrons. The van der Waals surface area contributed by atoms with Gasteiger partial charge in [-0.2, -0.15) is 4.98 Å². The molecule has 2 N–H and O–H groups in total. The largest absolute Gasteiger partial charge is 0.338 e. The maximum absolute atomic E-state index is 6.17. The zero-order chi connectivity index (χ0) is 14.9. The number of nitrogens with zero attached hydrogens (tertiary/aromatic N) is 3. The van der Waals surface area contributed by atoms with E-state index >= 15 is 0 Å². The van der Waals surface area contributed by atoms with Crippen LogP contribution in [0.2, 0.25) is 0 Å². The summed E-state index contributed by atoms with van der Waals surface area (Å²) in [5, 5.41) is 4.07. The van der Waals surface area contributed by atoms with Crippen molar-refractivity contribution in [2.24, 2.45) is 11.1 Å². The molecule has 0 radical (unpaired) electrons. The highest BCUT2D eigenvalue weighted by Crippen LogP contribution is 2.28. The Morgan fingerprint density at radius 3 is 2.73 bits per heavy atom. The third-order valence-corrected chi connectivity index (χ3v) is 4.25. The number of hydrogen-bond donors (Lipinski definition) is 1. The lowest BCUT2D eigenvalue weighted by Crippen LogP contribution is -2.52. The Kier molecular flexibility index (Phi) is 5.21. The predicted octanol–water partition coefficient (Wildman–Crippen LogP) is 2.72. The first-order valence-corrected chi connectivity index (χ1v) is 7.40. The van der Waals surface area contributed by atoms with Crippen molar-refractivity contribution in [2.75, 3.05) is 13.1 Å². The molecule has 2 heterocycles. The minimum absolute atomic E-state index is 0. The van der Waals surface area contributed by atoms with E-state index in [1.165, 1.54) is 0 Å². The molecule has 2 aromatic rings. The molecule has 1 unspecified atom stereocenters. The number of likely N-dealkylation sites (tertiary alicyclic amines) is 1. The van der Waals surface area contributed by atoms with Crippen LogP contribution in [0.4, 0.5) is 0 Å². The zero-order valence-electron chi connectivity index (χ0n) is 13.0. The maximum Gasteiger partial charge on any atom is 0.241 e. The standard InChI is InChI=1S/C16H22N4O.ClH/c1-16(2)11-20(9-8-13(16)17)10-14-18-15(19-21-14)12-6-4-3-5-7-12;/h3-7,13H,8-11,17H2,1-2H3;1H. The molecule has 1 aliphatic heterocycles. The highest BCUT2D eigenvalue weighted by molar-refractivity contribution is 5.85. The van der Waals surface area contributed by atoms with Crippen LogP contribution in [0, 0.1) is 5.41 Å². The summed E-state index contributed by atoms with van der Waals surface area (Å²) in [7, 11) is 0. The van der Waals surface area contributed by atoms with Gasteiger partial charge in [0.15, 0.2) is 0 Å². The number of hydrogen-bond acceptors (Lipinski definition) is 5. The molecule has 1 fully saturated rings. The molecule has 1 aliphatic rings. The van der Waals surface area contributed by atoms with Crippen LogP contribution >= 0.6 is 12.4 Å². The molecular formula is C16H23ClN4O. The predicted molar refractivity (Wildman–Crippen MR) is 88.6 cm³/mol. The van der Waals surface area contributed by atoms with Gasteiger partial charge in [-0.05, 0) is 11.8 Å². The van der Waals surface area contributed by atoms with E-state index in [0.29, 0.717) is 18.3 Å². The van der Waals surface area contributed by atoms with Crippen molar-refractivity contribution >= 4 is 12.4 Å². The Balaban J connectivity index is 0.00000176. The summed E-state index contributed by atoms with van der Waals surface area (Å²) in [5.41, 5.74) is 7.28. The Morgan fingerprint density at radius 1 is 1.32 bits per heavy atom. The summed E-state index contributed by atoms with van der Waals surface area (Å²) in [6.45, 7) is 7.06. The topological polar surface area (TPSA) is 68.2 Å². The van der Waals surface area contributed by atoms with Crippen molar-refractivity contribution in [3.05, 3.63) is 36.2 Å². The molecule has 1 aromatic heterocycles. The van der Waals surface area contributed by atoms with Gasteiger partial charge in [0.1, 0.15) is 0 Å². The summed E-state index contributed by atoms with van der Waals surface area (Å²) in [6, 6.07) is 10.1. The fraction of sp³-hybridized carbons (Fsp3) is 0.500. The van der Waals surface area contributed by atoms with Crippen molar-refractivity contribution in [2.45, 2.75) is 32.9 Å². The molecule has 3 rings (SSSR count). The van der Waals surface area contributed by atoms with Gasteiger partial charge in [-0.1, -0.05) is 49.3 Å². The lowest BCUT2D eigenvalue weighted by atomic mass is 9.80. The van der Waals surface area contributed by atoms with Gasteiger partial charge in [0.05, 0.1) is 6.54 Å². The third-order valence-electron chi connectivity index (χ3n) is 4.25. The van der Waals surface area contributed by atoms with E-state index < -0.39 is 0 Å². The van der Waals surface area contributed by atoms with Crippen LogP contribution in [0.15, 0.2) is 34.9 Å². The van der Waals surface area contributed by atoms with E-state index in [9.17, 15) is 0 Å². The monoisotopic (exact) mass is 322 g/mol.